The Morgan fingerprint density at radius 3 is 2.65 bits per heavy atom. The summed E-state index contributed by atoms with van der Waals surface area (Å²) in [5.41, 5.74) is 6.42. The van der Waals surface area contributed by atoms with Crippen molar-refractivity contribution in [2.45, 2.75) is 12.8 Å². The third-order valence-corrected chi connectivity index (χ3v) is 3.57. The summed E-state index contributed by atoms with van der Waals surface area (Å²) in [6, 6.07) is 7.42. The highest BCUT2D eigenvalue weighted by Gasteiger charge is 2.18. The summed E-state index contributed by atoms with van der Waals surface area (Å²) in [7, 11) is 2.08. The Hall–Kier alpha value is -1.75. The van der Waals surface area contributed by atoms with Crippen LogP contribution in [0.1, 0.15) is 12.8 Å². The van der Waals surface area contributed by atoms with E-state index in [1.807, 2.05) is 29.2 Å². The van der Waals surface area contributed by atoms with Crippen LogP contribution < -0.4 is 10.5 Å². The Morgan fingerprint density at radius 2 is 1.95 bits per heavy atom. The Balaban J connectivity index is 1.66. The number of nitrogens with zero attached hydrogens (tertiary/aromatic N) is 2. The third-order valence-electron chi connectivity index (χ3n) is 3.57. The minimum Gasteiger partial charge on any atom is -0.491 e. The van der Waals surface area contributed by atoms with Gasteiger partial charge in [-0.1, -0.05) is 12.1 Å². The largest absolute Gasteiger partial charge is 0.491 e. The molecule has 1 aromatic rings. The highest BCUT2D eigenvalue weighted by molar-refractivity contribution is 5.76. The van der Waals surface area contributed by atoms with Crippen molar-refractivity contribution >= 4 is 11.6 Å². The van der Waals surface area contributed by atoms with Crippen LogP contribution >= 0.6 is 0 Å². The Morgan fingerprint density at radius 1 is 1.25 bits per heavy atom. The molecule has 0 aromatic heterocycles. The van der Waals surface area contributed by atoms with Gasteiger partial charge < -0.3 is 20.3 Å². The number of amides is 1. The van der Waals surface area contributed by atoms with Crippen LogP contribution in [0.2, 0.25) is 0 Å². The maximum atomic E-state index is 12.0. The van der Waals surface area contributed by atoms with Crippen LogP contribution in [0.4, 0.5) is 5.69 Å². The van der Waals surface area contributed by atoms with E-state index >= 15 is 0 Å². The van der Waals surface area contributed by atoms with Gasteiger partial charge in [-0.2, -0.15) is 0 Å². The number of nitrogens with two attached hydrogens (primary N) is 1. The lowest BCUT2D eigenvalue weighted by atomic mass is 10.2. The zero-order valence-electron chi connectivity index (χ0n) is 12.0. The third kappa shape index (κ3) is 4.13. The van der Waals surface area contributed by atoms with Gasteiger partial charge in [-0.3, -0.25) is 4.79 Å². The topological polar surface area (TPSA) is 58.8 Å². The van der Waals surface area contributed by atoms with E-state index in [-0.39, 0.29) is 5.91 Å². The first-order valence-corrected chi connectivity index (χ1v) is 7.10. The fourth-order valence-electron chi connectivity index (χ4n) is 2.23. The number of likely N-dealkylation sites (N-methyl/N-ethyl adjacent to an activating group) is 1. The minimum absolute atomic E-state index is 0.225. The van der Waals surface area contributed by atoms with Gasteiger partial charge in [0, 0.05) is 32.6 Å². The van der Waals surface area contributed by atoms with E-state index in [2.05, 4.69) is 11.9 Å². The van der Waals surface area contributed by atoms with Gasteiger partial charge in [0.25, 0.3) is 0 Å². The standard InChI is InChI=1S/C15H23N3O2/c1-17-8-10-18(11-9-17)15(19)7-4-12-20-14-6-3-2-5-13(14)16/h2-3,5-6H,4,7-12,16H2,1H3. The smallest absolute Gasteiger partial charge is 0.222 e. The van der Waals surface area contributed by atoms with Crippen molar-refractivity contribution in [1.82, 2.24) is 9.80 Å². The molecule has 0 unspecified atom stereocenters. The second-order valence-electron chi connectivity index (χ2n) is 5.17. The summed E-state index contributed by atoms with van der Waals surface area (Å²) in [6.07, 6.45) is 1.26. The van der Waals surface area contributed by atoms with Gasteiger partial charge in [0.1, 0.15) is 5.75 Å². The average molecular weight is 277 g/mol. The van der Waals surface area contributed by atoms with Gasteiger partial charge >= 0.3 is 0 Å². The first-order valence-electron chi connectivity index (χ1n) is 7.10. The van der Waals surface area contributed by atoms with Crippen LogP contribution in [0.3, 0.4) is 0 Å². The number of rotatable bonds is 5. The van der Waals surface area contributed by atoms with Crippen LogP contribution in [0.15, 0.2) is 24.3 Å². The number of carbonyl (C=O) groups excluding carboxylic acids is 1. The van der Waals surface area contributed by atoms with Gasteiger partial charge in [-0.25, -0.2) is 0 Å². The number of hydrogen-bond acceptors (Lipinski definition) is 4. The summed E-state index contributed by atoms with van der Waals surface area (Å²) in [5, 5.41) is 0. The molecule has 1 amide bonds. The predicted octanol–water partition coefficient (Wildman–Crippen LogP) is 1.20. The lowest BCUT2D eigenvalue weighted by Crippen LogP contribution is -2.47. The van der Waals surface area contributed by atoms with Crippen LogP contribution in [0.5, 0.6) is 5.75 Å². The number of ether oxygens (including phenoxy) is 1. The van der Waals surface area contributed by atoms with Crippen molar-refractivity contribution in [3.05, 3.63) is 24.3 Å². The molecule has 1 aliphatic rings. The summed E-state index contributed by atoms with van der Waals surface area (Å²) in [6.45, 7) is 4.11. The molecule has 110 valence electrons. The fraction of sp³-hybridized carbons (Fsp3) is 0.533. The van der Waals surface area contributed by atoms with Crippen molar-refractivity contribution in [2.75, 3.05) is 45.6 Å². The van der Waals surface area contributed by atoms with E-state index in [1.54, 1.807) is 0 Å². The van der Waals surface area contributed by atoms with Crippen molar-refractivity contribution in [3.8, 4) is 5.75 Å². The molecule has 0 saturated carbocycles. The second kappa shape index (κ2) is 7.14. The van der Waals surface area contributed by atoms with Crippen LogP contribution in [-0.2, 0) is 4.79 Å². The zero-order valence-corrected chi connectivity index (χ0v) is 12.0. The Bertz CT molecular complexity index is 442. The fourth-order valence-corrected chi connectivity index (χ4v) is 2.23. The van der Waals surface area contributed by atoms with Crippen molar-refractivity contribution in [2.24, 2.45) is 0 Å². The SMILES string of the molecule is CN1CCN(C(=O)CCCOc2ccccc2N)CC1. The lowest BCUT2D eigenvalue weighted by molar-refractivity contribution is -0.133. The first-order chi connectivity index (χ1) is 9.66. The van der Waals surface area contributed by atoms with Gasteiger partial charge in [-0.15, -0.1) is 0 Å². The minimum atomic E-state index is 0.225. The van der Waals surface area contributed by atoms with Crippen molar-refractivity contribution < 1.29 is 9.53 Å². The summed E-state index contributed by atoms with van der Waals surface area (Å²) in [5.74, 6) is 0.919. The van der Waals surface area contributed by atoms with Crippen molar-refractivity contribution in [1.29, 1.82) is 0 Å². The number of anilines is 1. The molecule has 0 spiro atoms. The molecule has 0 atom stereocenters. The van der Waals surface area contributed by atoms with Crippen LogP contribution in [-0.4, -0.2) is 55.5 Å². The highest BCUT2D eigenvalue weighted by Crippen LogP contribution is 2.19. The molecule has 1 aromatic carbocycles. The molecule has 5 nitrogen and oxygen atoms in total. The Kier molecular flexibility index (Phi) is 5.24. The summed E-state index contributed by atoms with van der Waals surface area (Å²) in [4.78, 5) is 16.2. The number of nitrogen functional groups attached to an aromatic ring is 1. The second-order valence-corrected chi connectivity index (χ2v) is 5.17. The molecule has 1 saturated heterocycles. The molecule has 1 aliphatic heterocycles. The number of hydrogen-bond donors (Lipinski definition) is 1. The monoisotopic (exact) mass is 277 g/mol. The normalized spacial score (nSPS) is 16.1. The molecule has 0 radical (unpaired) electrons. The molecule has 2 N–H and O–H groups in total. The summed E-state index contributed by atoms with van der Waals surface area (Å²) >= 11 is 0. The van der Waals surface area contributed by atoms with E-state index in [0.29, 0.717) is 24.5 Å². The molecule has 0 aliphatic carbocycles. The molecular formula is C15H23N3O2. The van der Waals surface area contributed by atoms with Gasteiger partial charge in [0.15, 0.2) is 0 Å². The molecule has 1 fully saturated rings. The van der Waals surface area contributed by atoms with E-state index in [4.69, 9.17) is 10.5 Å². The first kappa shape index (κ1) is 14.7. The molecule has 20 heavy (non-hydrogen) atoms. The van der Waals surface area contributed by atoms with E-state index in [9.17, 15) is 4.79 Å². The zero-order chi connectivity index (χ0) is 14.4. The molecular weight excluding hydrogens is 254 g/mol. The maximum Gasteiger partial charge on any atom is 0.222 e. The maximum absolute atomic E-state index is 12.0. The lowest BCUT2D eigenvalue weighted by Gasteiger charge is -2.32. The van der Waals surface area contributed by atoms with Gasteiger partial charge in [-0.05, 0) is 25.6 Å². The number of para-hydroxylation sites is 2. The number of piperazine rings is 1. The number of benzene rings is 1. The van der Waals surface area contributed by atoms with Gasteiger partial charge in [0.05, 0.1) is 12.3 Å². The van der Waals surface area contributed by atoms with Crippen LogP contribution in [0, 0.1) is 0 Å². The molecule has 1 heterocycles. The summed E-state index contributed by atoms with van der Waals surface area (Å²) < 4.78 is 5.59. The number of carbonyl (C=O) groups is 1. The van der Waals surface area contributed by atoms with E-state index in [0.717, 1.165) is 32.6 Å². The molecule has 2 rings (SSSR count). The Labute approximate surface area is 120 Å². The van der Waals surface area contributed by atoms with Gasteiger partial charge in [0.2, 0.25) is 5.91 Å². The highest BCUT2D eigenvalue weighted by atomic mass is 16.5. The van der Waals surface area contributed by atoms with E-state index in [1.165, 1.54) is 0 Å². The average Bonchev–Trinajstić information content (AvgIpc) is 2.46. The van der Waals surface area contributed by atoms with Crippen molar-refractivity contribution in [3.63, 3.8) is 0 Å². The van der Waals surface area contributed by atoms with Crippen LogP contribution in [0.25, 0.3) is 0 Å². The predicted molar refractivity (Wildman–Crippen MR) is 79.7 cm³/mol. The van der Waals surface area contributed by atoms with E-state index < -0.39 is 0 Å². The molecule has 5 heteroatoms. The molecule has 0 bridgehead atoms. The quantitative estimate of drug-likeness (QED) is 0.649.